The third kappa shape index (κ3) is 4.36. The number of hydrogen-bond donors (Lipinski definition) is 3. The van der Waals surface area contributed by atoms with E-state index in [1.165, 1.54) is 12.1 Å². The van der Waals surface area contributed by atoms with Crippen molar-refractivity contribution < 1.29 is 19.8 Å². The van der Waals surface area contributed by atoms with Crippen LogP contribution in [0, 0.1) is 0 Å². The number of rotatable bonds is 6. The van der Waals surface area contributed by atoms with Gasteiger partial charge in [0, 0.05) is 42.6 Å². The first-order chi connectivity index (χ1) is 15.0. The quantitative estimate of drug-likeness (QED) is 0.568. The minimum atomic E-state index is -1.11. The molecule has 31 heavy (non-hydrogen) atoms. The van der Waals surface area contributed by atoms with Gasteiger partial charge < -0.3 is 15.5 Å². The van der Waals surface area contributed by atoms with Crippen LogP contribution >= 0.6 is 0 Å². The van der Waals surface area contributed by atoms with Crippen molar-refractivity contribution in [3.63, 3.8) is 0 Å². The van der Waals surface area contributed by atoms with Crippen molar-refractivity contribution in [2.75, 3.05) is 13.1 Å². The predicted molar refractivity (Wildman–Crippen MR) is 117 cm³/mol. The van der Waals surface area contributed by atoms with Crippen LogP contribution in [-0.2, 0) is 24.2 Å². The lowest BCUT2D eigenvalue weighted by molar-refractivity contribution is -0.139. The lowest BCUT2D eigenvalue weighted by Crippen LogP contribution is -2.43. The Morgan fingerprint density at radius 3 is 2.61 bits per heavy atom. The van der Waals surface area contributed by atoms with E-state index >= 15 is 0 Å². The Morgan fingerprint density at radius 1 is 1.16 bits per heavy atom. The van der Waals surface area contributed by atoms with Crippen molar-refractivity contribution in [1.29, 1.82) is 0 Å². The number of aromatic hydroxyl groups is 1. The van der Waals surface area contributed by atoms with Crippen LogP contribution in [0.25, 0.3) is 10.9 Å². The number of phenolic OH excluding ortho intramolecular Hbond substituents is 1. The van der Waals surface area contributed by atoms with E-state index in [4.69, 9.17) is 4.98 Å². The van der Waals surface area contributed by atoms with Gasteiger partial charge in [0.25, 0.3) is 5.91 Å². The minimum Gasteiger partial charge on any atom is -0.508 e. The Labute approximate surface area is 180 Å². The summed E-state index contributed by atoms with van der Waals surface area (Å²) in [6, 6.07) is 12.7. The van der Waals surface area contributed by atoms with Crippen molar-refractivity contribution in [2.45, 2.75) is 32.4 Å². The van der Waals surface area contributed by atoms with Gasteiger partial charge in [0.05, 0.1) is 11.1 Å². The molecule has 0 bridgehead atoms. The van der Waals surface area contributed by atoms with Gasteiger partial charge in [0.1, 0.15) is 11.8 Å². The molecule has 0 saturated carbocycles. The van der Waals surface area contributed by atoms with E-state index in [0.29, 0.717) is 17.7 Å². The third-order valence-corrected chi connectivity index (χ3v) is 5.78. The molecule has 1 aliphatic heterocycles. The predicted octanol–water partition coefficient (Wildman–Crippen LogP) is 2.74. The molecule has 1 atom stereocenters. The van der Waals surface area contributed by atoms with Crippen LogP contribution in [-0.4, -0.2) is 51.1 Å². The molecule has 3 aromatic rings. The molecule has 0 fully saturated rings. The molecular weight excluding hydrogens is 394 g/mol. The van der Waals surface area contributed by atoms with Gasteiger partial charge in [0.2, 0.25) is 0 Å². The molecule has 0 saturated heterocycles. The van der Waals surface area contributed by atoms with Crippen LogP contribution in [0.3, 0.4) is 0 Å². The van der Waals surface area contributed by atoms with Crippen molar-refractivity contribution in [3.05, 3.63) is 70.9 Å². The molecular formula is C24H25N3O4. The van der Waals surface area contributed by atoms with Crippen molar-refractivity contribution >= 4 is 22.8 Å². The molecule has 0 aliphatic carbocycles. The number of carboxylic acid groups (broad SMARTS) is 1. The summed E-state index contributed by atoms with van der Waals surface area (Å²) in [5.74, 6) is -1.40. The maximum atomic E-state index is 13.4. The summed E-state index contributed by atoms with van der Waals surface area (Å²) in [7, 11) is 0. The number of hydrogen-bond acceptors (Lipinski definition) is 5. The monoisotopic (exact) mass is 419 g/mol. The number of aromatic nitrogens is 1. The van der Waals surface area contributed by atoms with E-state index in [1.807, 2.05) is 24.3 Å². The Bertz CT molecular complexity index is 1130. The maximum absolute atomic E-state index is 13.4. The topological polar surface area (TPSA) is 103 Å². The second-order valence-corrected chi connectivity index (χ2v) is 7.78. The number of benzene rings is 2. The molecule has 7 nitrogen and oxygen atoms in total. The lowest BCUT2D eigenvalue weighted by atomic mass is 9.94. The highest BCUT2D eigenvalue weighted by molar-refractivity contribution is 6.08. The first kappa shape index (κ1) is 20.8. The standard InChI is InChI=1S/C24H25N3O4/c1-2-27-12-11-20-18(14-27)22(17-5-3-4-6-19(17)25-20)23(29)26-21(24(30)31)13-15-7-9-16(28)10-8-15/h3-10,21,28H,2,11-14H2,1H3,(H,26,29)(H,30,31). The number of para-hydroxylation sites is 1. The molecule has 1 aliphatic rings. The Hall–Kier alpha value is -3.45. The Balaban J connectivity index is 1.70. The fourth-order valence-corrected chi connectivity index (χ4v) is 4.07. The highest BCUT2D eigenvalue weighted by atomic mass is 16.4. The molecule has 2 heterocycles. The molecule has 3 N–H and O–H groups in total. The Kier molecular flexibility index (Phi) is 5.86. The molecule has 0 spiro atoms. The number of carboxylic acids is 1. The summed E-state index contributed by atoms with van der Waals surface area (Å²) in [4.78, 5) is 32.3. The molecule has 7 heteroatoms. The smallest absolute Gasteiger partial charge is 0.326 e. The number of likely N-dealkylation sites (N-methyl/N-ethyl adjacent to an activating group) is 1. The number of carbonyl (C=O) groups excluding carboxylic acids is 1. The number of nitrogens with zero attached hydrogens (tertiary/aromatic N) is 2. The number of amides is 1. The van der Waals surface area contributed by atoms with E-state index in [-0.39, 0.29) is 12.2 Å². The van der Waals surface area contributed by atoms with Crippen LogP contribution in [0.1, 0.15) is 34.1 Å². The van der Waals surface area contributed by atoms with Crippen molar-refractivity contribution in [1.82, 2.24) is 15.2 Å². The molecule has 1 amide bonds. The third-order valence-electron chi connectivity index (χ3n) is 5.78. The summed E-state index contributed by atoms with van der Waals surface area (Å²) >= 11 is 0. The average molecular weight is 419 g/mol. The van der Waals surface area contributed by atoms with Crippen LogP contribution in [0.5, 0.6) is 5.75 Å². The first-order valence-electron chi connectivity index (χ1n) is 10.4. The van der Waals surface area contributed by atoms with Crippen molar-refractivity contribution in [3.8, 4) is 5.75 Å². The number of pyridine rings is 1. The minimum absolute atomic E-state index is 0.107. The Morgan fingerprint density at radius 2 is 1.90 bits per heavy atom. The van der Waals surface area contributed by atoms with E-state index in [1.54, 1.807) is 12.1 Å². The summed E-state index contributed by atoms with van der Waals surface area (Å²) in [6.45, 7) is 4.44. The number of carbonyl (C=O) groups is 2. The van der Waals surface area contributed by atoms with E-state index in [0.717, 1.165) is 41.7 Å². The number of aliphatic carboxylic acids is 1. The summed E-state index contributed by atoms with van der Waals surface area (Å²) < 4.78 is 0. The zero-order chi connectivity index (χ0) is 22.0. The fraction of sp³-hybridized carbons (Fsp3) is 0.292. The average Bonchev–Trinajstić information content (AvgIpc) is 2.77. The second-order valence-electron chi connectivity index (χ2n) is 7.78. The second kappa shape index (κ2) is 8.73. The highest BCUT2D eigenvalue weighted by Gasteiger charge is 2.28. The number of nitrogens with one attached hydrogen (secondary N) is 1. The van der Waals surface area contributed by atoms with Crippen LogP contribution in [0.4, 0.5) is 0 Å². The van der Waals surface area contributed by atoms with Crippen LogP contribution in [0.2, 0.25) is 0 Å². The van der Waals surface area contributed by atoms with E-state index in [9.17, 15) is 19.8 Å². The van der Waals surface area contributed by atoms with E-state index < -0.39 is 17.9 Å². The normalized spacial score (nSPS) is 14.7. The van der Waals surface area contributed by atoms with Gasteiger partial charge in [-0.3, -0.25) is 14.7 Å². The van der Waals surface area contributed by atoms with Gasteiger partial charge in [-0.25, -0.2) is 4.79 Å². The van der Waals surface area contributed by atoms with E-state index in [2.05, 4.69) is 17.1 Å². The molecule has 4 rings (SSSR count). The largest absolute Gasteiger partial charge is 0.508 e. The molecule has 1 aromatic heterocycles. The van der Waals surface area contributed by atoms with Gasteiger partial charge in [-0.1, -0.05) is 37.3 Å². The zero-order valence-corrected chi connectivity index (χ0v) is 17.3. The zero-order valence-electron chi connectivity index (χ0n) is 17.3. The van der Waals surface area contributed by atoms with Gasteiger partial charge in [-0.15, -0.1) is 0 Å². The maximum Gasteiger partial charge on any atom is 0.326 e. The fourth-order valence-electron chi connectivity index (χ4n) is 4.07. The molecule has 160 valence electrons. The highest BCUT2D eigenvalue weighted by Crippen LogP contribution is 2.28. The van der Waals surface area contributed by atoms with Gasteiger partial charge >= 0.3 is 5.97 Å². The number of fused-ring (bicyclic) bond motifs is 2. The van der Waals surface area contributed by atoms with Crippen LogP contribution < -0.4 is 5.32 Å². The van der Waals surface area contributed by atoms with Gasteiger partial charge in [-0.05, 0) is 30.3 Å². The lowest BCUT2D eigenvalue weighted by Gasteiger charge is -2.29. The number of phenols is 1. The van der Waals surface area contributed by atoms with Crippen molar-refractivity contribution in [2.24, 2.45) is 0 Å². The molecule has 2 aromatic carbocycles. The molecule has 0 radical (unpaired) electrons. The van der Waals surface area contributed by atoms with Gasteiger partial charge in [0.15, 0.2) is 0 Å². The first-order valence-corrected chi connectivity index (χ1v) is 10.4. The summed E-state index contributed by atoms with van der Waals surface area (Å²) in [5, 5.41) is 22.6. The molecule has 1 unspecified atom stereocenters. The summed E-state index contributed by atoms with van der Waals surface area (Å²) in [6.07, 6.45) is 0.873. The SMILES string of the molecule is CCN1CCc2nc3ccccc3c(C(=O)NC(Cc3ccc(O)cc3)C(=O)O)c2C1. The summed E-state index contributed by atoms with van der Waals surface area (Å²) in [5.41, 5.74) is 3.73. The van der Waals surface area contributed by atoms with Gasteiger partial charge in [-0.2, -0.15) is 0 Å². The van der Waals surface area contributed by atoms with Crippen LogP contribution in [0.15, 0.2) is 48.5 Å².